The van der Waals surface area contributed by atoms with Gasteiger partial charge in [0.2, 0.25) is 5.91 Å². The van der Waals surface area contributed by atoms with Gasteiger partial charge in [0.05, 0.1) is 11.4 Å². The van der Waals surface area contributed by atoms with Crippen LogP contribution >= 0.6 is 12.2 Å². The quantitative estimate of drug-likeness (QED) is 0.787. The molecular formula is C15H21FN2OS. The van der Waals surface area contributed by atoms with E-state index >= 15 is 0 Å². The Morgan fingerprint density at radius 1 is 1.45 bits per heavy atom. The van der Waals surface area contributed by atoms with E-state index in [1.54, 1.807) is 17.0 Å². The average molecular weight is 296 g/mol. The predicted octanol–water partition coefficient (Wildman–Crippen LogP) is 2.53. The van der Waals surface area contributed by atoms with Crippen LogP contribution in [0.2, 0.25) is 0 Å². The van der Waals surface area contributed by atoms with Crippen LogP contribution < -0.4 is 5.73 Å². The highest BCUT2D eigenvalue weighted by molar-refractivity contribution is 7.80. The van der Waals surface area contributed by atoms with Crippen LogP contribution in [-0.2, 0) is 11.2 Å². The van der Waals surface area contributed by atoms with Gasteiger partial charge in [-0.2, -0.15) is 0 Å². The van der Waals surface area contributed by atoms with E-state index in [-0.39, 0.29) is 18.1 Å². The monoisotopic (exact) mass is 296 g/mol. The van der Waals surface area contributed by atoms with Crippen LogP contribution in [0.5, 0.6) is 0 Å². The maximum atomic E-state index is 13.1. The number of hydrogen-bond donors (Lipinski definition) is 1. The third-order valence-corrected chi connectivity index (χ3v) is 3.01. The van der Waals surface area contributed by atoms with E-state index in [1.807, 2.05) is 13.8 Å². The van der Waals surface area contributed by atoms with Gasteiger partial charge < -0.3 is 10.6 Å². The second-order valence-electron chi connectivity index (χ2n) is 5.26. The number of benzene rings is 1. The minimum atomic E-state index is -0.325. The van der Waals surface area contributed by atoms with Crippen molar-refractivity contribution < 1.29 is 9.18 Å². The van der Waals surface area contributed by atoms with Crippen LogP contribution in [0, 0.1) is 11.7 Å². The van der Waals surface area contributed by atoms with Gasteiger partial charge in [-0.15, -0.1) is 0 Å². The highest BCUT2D eigenvalue weighted by Gasteiger charge is 2.15. The molecule has 0 fully saturated rings. The van der Waals surface area contributed by atoms with Gasteiger partial charge in [-0.05, 0) is 23.6 Å². The lowest BCUT2D eigenvalue weighted by Crippen LogP contribution is -2.37. The van der Waals surface area contributed by atoms with E-state index in [4.69, 9.17) is 18.0 Å². The Morgan fingerprint density at radius 2 is 2.15 bits per heavy atom. The Kier molecular flexibility index (Phi) is 6.58. The summed E-state index contributed by atoms with van der Waals surface area (Å²) in [6, 6.07) is 6.12. The number of nitrogens with zero attached hydrogens (tertiary/aromatic N) is 1. The van der Waals surface area contributed by atoms with Crippen molar-refractivity contribution in [2.75, 3.05) is 13.1 Å². The minimum absolute atomic E-state index is 0.0273. The first kappa shape index (κ1) is 16.6. The number of thiocarbonyl (C=S) groups is 1. The Labute approximate surface area is 125 Å². The van der Waals surface area contributed by atoms with Crippen molar-refractivity contribution in [1.82, 2.24) is 4.90 Å². The van der Waals surface area contributed by atoms with Gasteiger partial charge in [0, 0.05) is 19.5 Å². The van der Waals surface area contributed by atoms with Crippen molar-refractivity contribution in [3.63, 3.8) is 0 Å². The first-order chi connectivity index (χ1) is 9.38. The average Bonchev–Trinajstić information content (AvgIpc) is 2.33. The van der Waals surface area contributed by atoms with Crippen molar-refractivity contribution in [1.29, 1.82) is 0 Å². The lowest BCUT2D eigenvalue weighted by Gasteiger charge is -2.24. The van der Waals surface area contributed by atoms with E-state index in [2.05, 4.69) is 0 Å². The maximum Gasteiger partial charge on any atom is 0.227 e. The van der Waals surface area contributed by atoms with Crippen LogP contribution in [0.3, 0.4) is 0 Å². The molecule has 1 rings (SSSR count). The molecule has 0 aliphatic heterocycles. The third kappa shape index (κ3) is 6.10. The highest BCUT2D eigenvalue weighted by atomic mass is 32.1. The third-order valence-electron chi connectivity index (χ3n) is 2.81. The van der Waals surface area contributed by atoms with Gasteiger partial charge in [-0.1, -0.05) is 38.2 Å². The molecule has 0 unspecified atom stereocenters. The van der Waals surface area contributed by atoms with E-state index in [1.165, 1.54) is 12.1 Å². The molecule has 0 aromatic heterocycles. The molecular weight excluding hydrogens is 275 g/mol. The summed E-state index contributed by atoms with van der Waals surface area (Å²) >= 11 is 4.85. The Bertz CT molecular complexity index is 477. The molecule has 20 heavy (non-hydrogen) atoms. The molecule has 2 N–H and O–H groups in total. The Hall–Kier alpha value is -1.49. The number of amides is 1. The fourth-order valence-corrected chi connectivity index (χ4v) is 2.03. The maximum absolute atomic E-state index is 13.1. The summed E-state index contributed by atoms with van der Waals surface area (Å²) in [7, 11) is 0. The summed E-state index contributed by atoms with van der Waals surface area (Å²) in [5.74, 6) is 0.00667. The van der Waals surface area contributed by atoms with Crippen LogP contribution in [0.4, 0.5) is 4.39 Å². The molecule has 5 heteroatoms. The van der Waals surface area contributed by atoms with E-state index in [0.29, 0.717) is 36.0 Å². The molecule has 0 bridgehead atoms. The molecule has 0 aliphatic rings. The van der Waals surface area contributed by atoms with Crippen LogP contribution in [0.15, 0.2) is 24.3 Å². The number of halogens is 1. The predicted molar refractivity (Wildman–Crippen MR) is 82.9 cm³/mol. The molecule has 0 atom stereocenters. The zero-order chi connectivity index (χ0) is 15.1. The fourth-order valence-electron chi connectivity index (χ4n) is 1.94. The molecule has 1 aromatic rings. The first-order valence-electron chi connectivity index (χ1n) is 6.69. The summed E-state index contributed by atoms with van der Waals surface area (Å²) < 4.78 is 13.1. The number of nitrogens with two attached hydrogens (primary N) is 1. The van der Waals surface area contributed by atoms with E-state index in [9.17, 15) is 9.18 Å². The van der Waals surface area contributed by atoms with Crippen molar-refractivity contribution in [3.8, 4) is 0 Å². The molecule has 0 spiro atoms. The second-order valence-corrected chi connectivity index (χ2v) is 5.78. The highest BCUT2D eigenvalue weighted by Crippen LogP contribution is 2.08. The van der Waals surface area contributed by atoms with Crippen molar-refractivity contribution in [2.24, 2.45) is 11.7 Å². The van der Waals surface area contributed by atoms with Crippen LogP contribution in [0.1, 0.15) is 25.8 Å². The number of hydrogen-bond acceptors (Lipinski definition) is 2. The van der Waals surface area contributed by atoms with E-state index in [0.717, 1.165) is 0 Å². The standard InChI is InChI=1S/C15H21FN2OS/c1-11(2)10-18(7-6-14(17)20)15(19)9-12-4-3-5-13(16)8-12/h3-5,8,11H,6-7,9-10H2,1-2H3,(H2,17,20). The molecule has 110 valence electrons. The molecule has 3 nitrogen and oxygen atoms in total. The lowest BCUT2D eigenvalue weighted by molar-refractivity contribution is -0.130. The lowest BCUT2D eigenvalue weighted by atomic mass is 10.1. The van der Waals surface area contributed by atoms with Gasteiger partial charge >= 0.3 is 0 Å². The number of carbonyl (C=O) groups excluding carboxylic acids is 1. The number of rotatable bonds is 7. The first-order valence-corrected chi connectivity index (χ1v) is 7.10. The minimum Gasteiger partial charge on any atom is -0.393 e. The normalized spacial score (nSPS) is 10.6. The van der Waals surface area contributed by atoms with Gasteiger partial charge in [0.1, 0.15) is 5.82 Å². The molecule has 0 saturated carbocycles. The Balaban J connectivity index is 2.69. The zero-order valence-corrected chi connectivity index (χ0v) is 12.8. The molecule has 0 aliphatic carbocycles. The van der Waals surface area contributed by atoms with Crippen LogP contribution in [0.25, 0.3) is 0 Å². The summed E-state index contributed by atoms with van der Waals surface area (Å²) in [6.45, 7) is 5.25. The molecule has 1 amide bonds. The Morgan fingerprint density at radius 3 is 2.70 bits per heavy atom. The second kappa shape index (κ2) is 7.94. The van der Waals surface area contributed by atoms with Crippen molar-refractivity contribution >= 4 is 23.1 Å². The summed E-state index contributed by atoms with van der Waals surface area (Å²) in [6.07, 6.45) is 0.707. The number of carbonyl (C=O) groups is 1. The van der Waals surface area contributed by atoms with Gasteiger partial charge in [-0.25, -0.2) is 4.39 Å². The SMILES string of the molecule is CC(C)CN(CCC(N)=S)C(=O)Cc1cccc(F)c1. The topological polar surface area (TPSA) is 46.3 Å². The van der Waals surface area contributed by atoms with Crippen molar-refractivity contribution in [2.45, 2.75) is 26.7 Å². The van der Waals surface area contributed by atoms with Gasteiger partial charge in [-0.3, -0.25) is 4.79 Å². The van der Waals surface area contributed by atoms with Gasteiger partial charge in [0.15, 0.2) is 0 Å². The fraction of sp³-hybridized carbons (Fsp3) is 0.467. The smallest absolute Gasteiger partial charge is 0.227 e. The summed E-state index contributed by atoms with van der Waals surface area (Å²) in [4.78, 5) is 14.4. The molecule has 0 heterocycles. The molecule has 0 saturated heterocycles. The van der Waals surface area contributed by atoms with Crippen molar-refractivity contribution in [3.05, 3.63) is 35.6 Å². The zero-order valence-electron chi connectivity index (χ0n) is 11.9. The van der Waals surface area contributed by atoms with Gasteiger partial charge in [0.25, 0.3) is 0 Å². The molecule has 0 radical (unpaired) electrons. The molecule has 1 aromatic carbocycles. The largest absolute Gasteiger partial charge is 0.393 e. The summed E-state index contributed by atoms with van der Waals surface area (Å²) in [5, 5.41) is 0. The van der Waals surface area contributed by atoms with Crippen LogP contribution in [-0.4, -0.2) is 28.9 Å². The van der Waals surface area contributed by atoms with E-state index < -0.39 is 0 Å². The summed E-state index contributed by atoms with van der Waals surface area (Å²) in [5.41, 5.74) is 6.17.